The summed E-state index contributed by atoms with van der Waals surface area (Å²) < 4.78 is 0. The standard InChI is InChI=1S/C27H32N4O2S/c1-18(2)20-5-7-22(8-6-20)27-30-24(17-34-27)26(33)29-23-9-3-19(4-10-23)11-14-31-15-12-21(13-16-31)25(28)32/h3-10,17-18,21H,11-16H2,1-2H3,(H2,28,32)(H,29,33). The number of piperidine rings is 1. The number of carbonyl (C=O) groups is 2. The molecule has 1 fully saturated rings. The third-order valence-electron chi connectivity index (χ3n) is 6.48. The van der Waals surface area contributed by atoms with E-state index in [1.165, 1.54) is 22.5 Å². The van der Waals surface area contributed by atoms with Crippen molar-refractivity contribution in [3.05, 3.63) is 70.7 Å². The van der Waals surface area contributed by atoms with Crippen LogP contribution in [0, 0.1) is 5.92 Å². The zero-order valence-corrected chi connectivity index (χ0v) is 20.6. The molecule has 0 atom stereocenters. The first-order chi connectivity index (χ1) is 16.4. The van der Waals surface area contributed by atoms with Crippen molar-refractivity contribution in [3.63, 3.8) is 0 Å². The van der Waals surface area contributed by atoms with Crippen LogP contribution in [0.4, 0.5) is 5.69 Å². The molecule has 0 aliphatic carbocycles. The Morgan fingerprint density at radius 1 is 1.09 bits per heavy atom. The second kappa shape index (κ2) is 10.9. The second-order valence-corrected chi connectivity index (χ2v) is 10.1. The van der Waals surface area contributed by atoms with Crippen molar-refractivity contribution in [3.8, 4) is 10.6 Å². The predicted octanol–water partition coefficient (Wildman–Crippen LogP) is 4.93. The van der Waals surface area contributed by atoms with E-state index in [0.717, 1.165) is 55.2 Å². The maximum Gasteiger partial charge on any atom is 0.275 e. The number of nitrogens with zero attached hydrogens (tertiary/aromatic N) is 2. The van der Waals surface area contributed by atoms with Crippen molar-refractivity contribution >= 4 is 28.8 Å². The number of rotatable bonds is 8. The van der Waals surface area contributed by atoms with Gasteiger partial charge in [0, 0.05) is 29.1 Å². The topological polar surface area (TPSA) is 88.3 Å². The number of carbonyl (C=O) groups excluding carboxylic acids is 2. The molecule has 34 heavy (non-hydrogen) atoms. The zero-order chi connectivity index (χ0) is 24.1. The Morgan fingerprint density at radius 2 is 1.76 bits per heavy atom. The van der Waals surface area contributed by atoms with Crippen LogP contribution in [0.5, 0.6) is 0 Å². The van der Waals surface area contributed by atoms with Gasteiger partial charge in [-0.25, -0.2) is 4.98 Å². The fraction of sp³-hybridized carbons (Fsp3) is 0.370. The van der Waals surface area contributed by atoms with Gasteiger partial charge in [-0.15, -0.1) is 11.3 Å². The molecule has 0 spiro atoms. The van der Waals surface area contributed by atoms with Crippen LogP contribution in [0.15, 0.2) is 53.9 Å². The molecule has 0 bridgehead atoms. The molecule has 0 saturated carbocycles. The lowest BCUT2D eigenvalue weighted by Gasteiger charge is -2.30. The van der Waals surface area contributed by atoms with Crippen LogP contribution in [0.1, 0.15) is 54.2 Å². The Kier molecular flexibility index (Phi) is 7.75. The third kappa shape index (κ3) is 6.10. The highest BCUT2D eigenvalue weighted by atomic mass is 32.1. The molecule has 0 radical (unpaired) electrons. The first-order valence-corrected chi connectivity index (χ1v) is 12.7. The van der Waals surface area contributed by atoms with E-state index >= 15 is 0 Å². The average Bonchev–Trinajstić information content (AvgIpc) is 3.34. The minimum atomic E-state index is -0.202. The number of amides is 2. The fourth-order valence-electron chi connectivity index (χ4n) is 4.20. The van der Waals surface area contributed by atoms with Crippen LogP contribution in [0.2, 0.25) is 0 Å². The molecule has 0 unspecified atom stereocenters. The van der Waals surface area contributed by atoms with Gasteiger partial charge in [0.1, 0.15) is 10.7 Å². The molecule has 7 heteroatoms. The van der Waals surface area contributed by atoms with E-state index in [1.54, 1.807) is 5.38 Å². The SMILES string of the molecule is CC(C)c1ccc(-c2nc(C(=O)Nc3ccc(CCN4CCC(C(N)=O)CC4)cc3)cs2)cc1. The van der Waals surface area contributed by atoms with Crippen molar-refractivity contribution in [2.24, 2.45) is 11.7 Å². The molecule has 2 amide bonds. The lowest BCUT2D eigenvalue weighted by Crippen LogP contribution is -2.39. The summed E-state index contributed by atoms with van der Waals surface area (Å²) in [5, 5.41) is 5.59. The molecule has 4 rings (SSSR count). The molecule has 1 saturated heterocycles. The van der Waals surface area contributed by atoms with Gasteiger partial charge in [-0.2, -0.15) is 0 Å². The van der Waals surface area contributed by atoms with Crippen molar-refractivity contribution in [1.29, 1.82) is 0 Å². The van der Waals surface area contributed by atoms with E-state index in [0.29, 0.717) is 11.6 Å². The minimum Gasteiger partial charge on any atom is -0.369 e. The number of anilines is 1. The van der Waals surface area contributed by atoms with E-state index in [1.807, 2.05) is 12.1 Å². The number of benzene rings is 2. The lowest BCUT2D eigenvalue weighted by atomic mass is 9.96. The summed E-state index contributed by atoms with van der Waals surface area (Å²) >= 11 is 1.48. The van der Waals surface area contributed by atoms with Gasteiger partial charge in [0.25, 0.3) is 5.91 Å². The fourth-order valence-corrected chi connectivity index (χ4v) is 5.01. The summed E-state index contributed by atoms with van der Waals surface area (Å²) in [7, 11) is 0. The van der Waals surface area contributed by atoms with Crippen LogP contribution < -0.4 is 11.1 Å². The summed E-state index contributed by atoms with van der Waals surface area (Å²) in [4.78, 5) is 30.9. The summed E-state index contributed by atoms with van der Waals surface area (Å²) in [5.74, 6) is 0.134. The minimum absolute atomic E-state index is 0.0263. The predicted molar refractivity (Wildman–Crippen MR) is 138 cm³/mol. The highest BCUT2D eigenvalue weighted by Gasteiger charge is 2.22. The Balaban J connectivity index is 1.28. The zero-order valence-electron chi connectivity index (χ0n) is 19.8. The number of nitrogens with two attached hydrogens (primary N) is 1. The number of hydrogen-bond donors (Lipinski definition) is 2. The Bertz CT molecular complexity index is 1110. The van der Waals surface area contributed by atoms with Crippen LogP contribution in [-0.2, 0) is 11.2 Å². The van der Waals surface area contributed by atoms with Gasteiger partial charge in [0.2, 0.25) is 5.91 Å². The molecule has 178 valence electrons. The van der Waals surface area contributed by atoms with Gasteiger partial charge >= 0.3 is 0 Å². The molecule has 1 aliphatic rings. The molecule has 6 nitrogen and oxygen atoms in total. The normalized spacial score (nSPS) is 14.9. The number of hydrogen-bond acceptors (Lipinski definition) is 5. The number of thiazole rings is 1. The number of likely N-dealkylation sites (tertiary alicyclic amines) is 1. The van der Waals surface area contributed by atoms with Crippen molar-refractivity contribution in [2.45, 2.75) is 39.0 Å². The number of aromatic nitrogens is 1. The van der Waals surface area contributed by atoms with Crippen LogP contribution in [-0.4, -0.2) is 41.3 Å². The average molecular weight is 477 g/mol. The van der Waals surface area contributed by atoms with E-state index < -0.39 is 0 Å². The van der Waals surface area contributed by atoms with E-state index in [9.17, 15) is 9.59 Å². The molecular formula is C27H32N4O2S. The Labute approximate surface area is 205 Å². The maximum absolute atomic E-state index is 12.7. The van der Waals surface area contributed by atoms with E-state index in [-0.39, 0.29) is 17.7 Å². The molecule has 3 aromatic rings. The number of primary amides is 1. The van der Waals surface area contributed by atoms with Gasteiger partial charge in [0.05, 0.1) is 0 Å². The first kappa shape index (κ1) is 24.1. The van der Waals surface area contributed by atoms with Crippen LogP contribution >= 0.6 is 11.3 Å². The van der Waals surface area contributed by atoms with E-state index in [2.05, 4.69) is 65.4 Å². The van der Waals surface area contributed by atoms with Crippen molar-refractivity contribution in [1.82, 2.24) is 9.88 Å². The lowest BCUT2D eigenvalue weighted by molar-refractivity contribution is -0.123. The quantitative estimate of drug-likeness (QED) is 0.483. The third-order valence-corrected chi connectivity index (χ3v) is 7.37. The van der Waals surface area contributed by atoms with Crippen molar-refractivity contribution in [2.75, 3.05) is 25.0 Å². The molecular weight excluding hydrogens is 444 g/mol. The van der Waals surface area contributed by atoms with Crippen LogP contribution in [0.3, 0.4) is 0 Å². The number of nitrogens with one attached hydrogen (secondary N) is 1. The van der Waals surface area contributed by atoms with E-state index in [4.69, 9.17) is 5.73 Å². The highest BCUT2D eigenvalue weighted by Crippen LogP contribution is 2.26. The van der Waals surface area contributed by atoms with Crippen LogP contribution in [0.25, 0.3) is 10.6 Å². The van der Waals surface area contributed by atoms with Gasteiger partial charge in [-0.3, -0.25) is 9.59 Å². The molecule has 3 N–H and O–H groups in total. The summed E-state index contributed by atoms with van der Waals surface area (Å²) in [6, 6.07) is 16.3. The van der Waals surface area contributed by atoms with Gasteiger partial charge in [-0.1, -0.05) is 50.2 Å². The highest BCUT2D eigenvalue weighted by molar-refractivity contribution is 7.13. The maximum atomic E-state index is 12.7. The Hall–Kier alpha value is -3.03. The van der Waals surface area contributed by atoms with Gasteiger partial charge in [-0.05, 0) is 61.5 Å². The Morgan fingerprint density at radius 3 is 2.38 bits per heavy atom. The smallest absolute Gasteiger partial charge is 0.275 e. The molecule has 1 aromatic heterocycles. The summed E-state index contributed by atoms with van der Waals surface area (Å²) in [5.41, 5.74) is 10.1. The summed E-state index contributed by atoms with van der Waals surface area (Å²) in [6.07, 6.45) is 2.63. The first-order valence-electron chi connectivity index (χ1n) is 11.9. The largest absolute Gasteiger partial charge is 0.369 e. The second-order valence-electron chi connectivity index (χ2n) is 9.23. The molecule has 2 heterocycles. The molecule has 1 aliphatic heterocycles. The monoisotopic (exact) mass is 476 g/mol. The van der Waals surface area contributed by atoms with Gasteiger partial charge in [0.15, 0.2) is 0 Å². The van der Waals surface area contributed by atoms with Crippen molar-refractivity contribution < 1.29 is 9.59 Å². The van der Waals surface area contributed by atoms with Gasteiger partial charge < -0.3 is 16.0 Å². The molecule has 2 aromatic carbocycles. The summed E-state index contributed by atoms with van der Waals surface area (Å²) in [6.45, 7) is 7.13.